The van der Waals surface area contributed by atoms with Crippen LogP contribution in [-0.2, 0) is 6.54 Å². The average Bonchev–Trinajstić information content (AvgIpc) is 3.39. The van der Waals surface area contributed by atoms with Crippen LogP contribution in [-0.4, -0.2) is 20.1 Å². The third kappa shape index (κ3) is 4.79. The highest BCUT2D eigenvalue weighted by Gasteiger charge is 2.21. The van der Waals surface area contributed by atoms with Gasteiger partial charge in [-0.05, 0) is 45.0 Å². The van der Waals surface area contributed by atoms with Gasteiger partial charge in [-0.2, -0.15) is 0 Å². The monoisotopic (exact) mass is 507 g/mol. The Hall–Kier alpha value is -3.28. The zero-order chi connectivity index (χ0) is 24.7. The standard InChI is InChI=1S/C28H24Cl2FN3O/c1-28(2,3)35-25-11-19(29)10-9-18(25)15-34-16-33-26(17-7-5-4-6-8-17)27(34)21-14-32-24-13-22(30)23(31)12-20(21)24/h4-14,16,32H,15H2,1-3H3. The molecular weight excluding hydrogens is 484 g/mol. The van der Waals surface area contributed by atoms with Crippen LogP contribution in [0, 0.1) is 5.82 Å². The second-order valence-corrected chi connectivity index (χ2v) is 10.3. The van der Waals surface area contributed by atoms with Gasteiger partial charge in [-0.1, -0.05) is 59.6 Å². The number of fused-ring (bicyclic) bond motifs is 1. The van der Waals surface area contributed by atoms with E-state index in [1.54, 1.807) is 12.4 Å². The Morgan fingerprint density at radius 3 is 2.54 bits per heavy atom. The van der Waals surface area contributed by atoms with Gasteiger partial charge < -0.3 is 14.3 Å². The lowest BCUT2D eigenvalue weighted by Gasteiger charge is -2.24. The first-order valence-electron chi connectivity index (χ1n) is 11.2. The van der Waals surface area contributed by atoms with E-state index >= 15 is 0 Å². The summed E-state index contributed by atoms with van der Waals surface area (Å²) in [7, 11) is 0. The van der Waals surface area contributed by atoms with Crippen LogP contribution in [0.2, 0.25) is 10.0 Å². The van der Waals surface area contributed by atoms with Gasteiger partial charge in [0, 0.05) is 38.8 Å². The molecule has 0 unspecified atom stereocenters. The van der Waals surface area contributed by atoms with Gasteiger partial charge in [0.1, 0.15) is 17.2 Å². The fraction of sp³-hybridized carbons (Fsp3) is 0.179. The van der Waals surface area contributed by atoms with Crippen LogP contribution >= 0.6 is 23.2 Å². The second kappa shape index (κ2) is 9.06. The molecule has 5 rings (SSSR count). The van der Waals surface area contributed by atoms with E-state index in [2.05, 4.69) is 9.55 Å². The van der Waals surface area contributed by atoms with Crippen molar-refractivity contribution >= 4 is 34.1 Å². The predicted octanol–water partition coefficient (Wildman–Crippen LogP) is 8.37. The Balaban J connectivity index is 1.69. The van der Waals surface area contributed by atoms with Crippen LogP contribution < -0.4 is 4.74 Å². The summed E-state index contributed by atoms with van der Waals surface area (Å²) in [6.07, 6.45) is 3.67. The van der Waals surface area contributed by atoms with Crippen LogP contribution in [0.3, 0.4) is 0 Å². The van der Waals surface area contributed by atoms with Gasteiger partial charge in [0.15, 0.2) is 0 Å². The zero-order valence-electron chi connectivity index (χ0n) is 19.6. The maximum atomic E-state index is 14.5. The molecule has 0 radical (unpaired) electrons. The van der Waals surface area contributed by atoms with Gasteiger partial charge in [-0.25, -0.2) is 9.37 Å². The fourth-order valence-corrected chi connectivity index (χ4v) is 4.50. The van der Waals surface area contributed by atoms with Gasteiger partial charge in [0.2, 0.25) is 0 Å². The summed E-state index contributed by atoms with van der Waals surface area (Å²) < 4.78 is 22.7. The number of hydrogen-bond donors (Lipinski definition) is 1. The summed E-state index contributed by atoms with van der Waals surface area (Å²) in [5, 5.41) is 1.41. The molecule has 0 atom stereocenters. The molecule has 0 saturated heterocycles. The van der Waals surface area contributed by atoms with Crippen LogP contribution in [0.15, 0.2) is 73.2 Å². The van der Waals surface area contributed by atoms with Crippen LogP contribution in [0.25, 0.3) is 33.4 Å². The second-order valence-electron chi connectivity index (χ2n) is 9.42. The molecule has 0 aliphatic heterocycles. The smallest absolute Gasteiger partial charge is 0.142 e. The number of benzene rings is 3. The lowest BCUT2D eigenvalue weighted by atomic mass is 10.0. The van der Waals surface area contributed by atoms with Crippen molar-refractivity contribution in [1.82, 2.24) is 14.5 Å². The van der Waals surface area contributed by atoms with Crippen molar-refractivity contribution in [2.75, 3.05) is 0 Å². The quantitative estimate of drug-likeness (QED) is 0.259. The number of halogens is 3. The van der Waals surface area contributed by atoms with E-state index < -0.39 is 5.82 Å². The van der Waals surface area contributed by atoms with Crippen molar-refractivity contribution in [2.45, 2.75) is 32.9 Å². The summed E-state index contributed by atoms with van der Waals surface area (Å²) in [6, 6.07) is 18.7. The number of H-pyrrole nitrogens is 1. The molecule has 2 aromatic heterocycles. The molecular formula is C28H24Cl2FN3O. The molecule has 0 fully saturated rings. The molecule has 7 heteroatoms. The van der Waals surface area contributed by atoms with Crippen molar-refractivity contribution in [3.05, 3.63) is 94.6 Å². The number of aromatic nitrogens is 3. The average molecular weight is 508 g/mol. The summed E-state index contributed by atoms with van der Waals surface area (Å²) in [4.78, 5) is 8.00. The van der Waals surface area contributed by atoms with Crippen LogP contribution in [0.1, 0.15) is 26.3 Å². The van der Waals surface area contributed by atoms with E-state index in [1.165, 1.54) is 6.07 Å². The number of nitrogens with zero attached hydrogens (tertiary/aromatic N) is 2. The lowest BCUT2D eigenvalue weighted by Crippen LogP contribution is -2.24. The molecule has 0 amide bonds. The zero-order valence-corrected chi connectivity index (χ0v) is 21.1. The van der Waals surface area contributed by atoms with Gasteiger partial charge in [0.25, 0.3) is 0 Å². The molecule has 0 saturated carbocycles. The molecule has 0 bridgehead atoms. The third-order valence-corrected chi connectivity index (χ3v) is 6.17. The van der Waals surface area contributed by atoms with Gasteiger partial charge >= 0.3 is 0 Å². The minimum absolute atomic E-state index is 0.0767. The number of rotatable bonds is 5. The predicted molar refractivity (Wildman–Crippen MR) is 141 cm³/mol. The molecule has 2 heterocycles. The number of aromatic amines is 1. The van der Waals surface area contributed by atoms with Crippen LogP contribution in [0.4, 0.5) is 4.39 Å². The van der Waals surface area contributed by atoms with Gasteiger partial charge in [-0.3, -0.25) is 0 Å². The number of nitrogens with one attached hydrogen (secondary N) is 1. The van der Waals surface area contributed by atoms with Crippen molar-refractivity contribution in [3.8, 4) is 28.3 Å². The van der Waals surface area contributed by atoms with Crippen molar-refractivity contribution in [3.63, 3.8) is 0 Å². The summed E-state index contributed by atoms with van der Waals surface area (Å²) in [5.41, 5.74) is 4.78. The van der Waals surface area contributed by atoms with E-state index in [4.69, 9.17) is 32.9 Å². The maximum absolute atomic E-state index is 14.5. The molecule has 4 nitrogen and oxygen atoms in total. The highest BCUT2D eigenvalue weighted by atomic mass is 35.5. The molecule has 178 valence electrons. The van der Waals surface area contributed by atoms with E-state index in [9.17, 15) is 4.39 Å². The highest BCUT2D eigenvalue weighted by Crippen LogP contribution is 2.38. The Morgan fingerprint density at radius 2 is 1.80 bits per heavy atom. The number of ether oxygens (including phenoxy) is 1. The molecule has 1 N–H and O–H groups in total. The first kappa shape index (κ1) is 23.5. The topological polar surface area (TPSA) is 42.8 Å². The van der Waals surface area contributed by atoms with Gasteiger partial charge in [0.05, 0.1) is 29.3 Å². The van der Waals surface area contributed by atoms with E-state index in [0.717, 1.165) is 39.0 Å². The van der Waals surface area contributed by atoms with E-state index in [-0.39, 0.29) is 10.6 Å². The SMILES string of the molecule is CC(C)(C)Oc1cc(Cl)ccc1Cn1cnc(-c2ccccc2)c1-c1c[nH]c2cc(Cl)c(F)cc12. The minimum atomic E-state index is -0.467. The largest absolute Gasteiger partial charge is 0.488 e. The lowest BCUT2D eigenvalue weighted by molar-refractivity contribution is 0.129. The number of hydrogen-bond acceptors (Lipinski definition) is 2. The molecule has 0 spiro atoms. The maximum Gasteiger partial charge on any atom is 0.142 e. The van der Waals surface area contributed by atoms with Gasteiger partial charge in [-0.15, -0.1) is 0 Å². The fourth-order valence-electron chi connectivity index (χ4n) is 4.17. The van der Waals surface area contributed by atoms with Crippen molar-refractivity contribution < 1.29 is 9.13 Å². The summed E-state index contributed by atoms with van der Waals surface area (Å²) in [5.74, 6) is 0.244. The first-order chi connectivity index (χ1) is 16.7. The molecule has 35 heavy (non-hydrogen) atoms. The first-order valence-corrected chi connectivity index (χ1v) is 12.0. The Labute approximate surface area is 213 Å². The normalized spacial score (nSPS) is 11.8. The molecule has 0 aliphatic rings. The Kier molecular flexibility index (Phi) is 6.07. The summed E-state index contributed by atoms with van der Waals surface area (Å²) >= 11 is 12.3. The molecule has 3 aromatic carbocycles. The highest BCUT2D eigenvalue weighted by molar-refractivity contribution is 6.31. The van der Waals surface area contributed by atoms with E-state index in [0.29, 0.717) is 17.3 Å². The third-order valence-electron chi connectivity index (χ3n) is 5.65. The van der Waals surface area contributed by atoms with E-state index in [1.807, 2.05) is 75.5 Å². The van der Waals surface area contributed by atoms with Crippen molar-refractivity contribution in [1.29, 1.82) is 0 Å². The van der Waals surface area contributed by atoms with Crippen molar-refractivity contribution in [2.24, 2.45) is 0 Å². The molecule has 0 aliphatic carbocycles. The Morgan fingerprint density at radius 1 is 1.03 bits per heavy atom. The Bertz CT molecular complexity index is 1520. The molecule has 5 aromatic rings. The van der Waals surface area contributed by atoms with Crippen LogP contribution in [0.5, 0.6) is 5.75 Å². The minimum Gasteiger partial charge on any atom is -0.488 e. The number of imidazole rings is 1. The summed E-state index contributed by atoms with van der Waals surface area (Å²) in [6.45, 7) is 6.48.